The number of nitrogens with one attached hydrogen (secondary N) is 1. The van der Waals surface area contributed by atoms with E-state index in [4.69, 9.17) is 0 Å². The molecule has 1 rings (SSSR count). The molecule has 0 amide bonds. The van der Waals surface area contributed by atoms with Crippen LogP contribution in [0, 0.1) is 0 Å². The Bertz CT molecular complexity index is 439. The second-order valence-electron chi connectivity index (χ2n) is 3.97. The van der Waals surface area contributed by atoms with Crippen LogP contribution >= 0.6 is 0 Å². The molecule has 1 atom stereocenters. The van der Waals surface area contributed by atoms with E-state index in [1.807, 2.05) is 13.8 Å². The Hall–Kier alpha value is -1.07. The van der Waals surface area contributed by atoms with Gasteiger partial charge in [0, 0.05) is 5.69 Å². The summed E-state index contributed by atoms with van der Waals surface area (Å²) < 4.78 is 25.5. The van der Waals surface area contributed by atoms with E-state index < -0.39 is 16.1 Å². The van der Waals surface area contributed by atoms with Crippen LogP contribution in [0.5, 0.6) is 0 Å². The molecule has 0 fully saturated rings. The Labute approximate surface area is 103 Å². The molecule has 0 saturated heterocycles. The van der Waals surface area contributed by atoms with Crippen molar-refractivity contribution in [3.63, 3.8) is 0 Å². The third kappa shape index (κ3) is 4.36. The van der Waals surface area contributed by atoms with Crippen LogP contribution < -0.4 is 4.72 Å². The van der Waals surface area contributed by atoms with Crippen LogP contribution in [0.2, 0.25) is 0 Å². The van der Waals surface area contributed by atoms with Gasteiger partial charge in [-0.1, -0.05) is 26.0 Å². The maximum absolute atomic E-state index is 11.5. The molecule has 0 aliphatic heterocycles. The zero-order valence-corrected chi connectivity index (χ0v) is 11.0. The molecule has 0 aliphatic carbocycles. The molecule has 0 spiro atoms. The van der Waals surface area contributed by atoms with Gasteiger partial charge in [0.2, 0.25) is 10.0 Å². The van der Waals surface area contributed by atoms with Crippen molar-refractivity contribution in [2.75, 3.05) is 10.5 Å². The number of hydrogen-bond acceptors (Lipinski definition) is 3. The zero-order valence-electron chi connectivity index (χ0n) is 10.2. The van der Waals surface area contributed by atoms with Crippen LogP contribution in [0.25, 0.3) is 0 Å². The van der Waals surface area contributed by atoms with Crippen molar-refractivity contribution in [1.82, 2.24) is 0 Å². The number of anilines is 1. The van der Waals surface area contributed by atoms with Crippen LogP contribution in [0.3, 0.4) is 0 Å². The SMILES string of the molecule is CCCS(=O)(=O)Nc1ccc([C@@H](O)CC)cc1. The predicted octanol–water partition coefficient (Wildman–Crippen LogP) is 2.28. The van der Waals surface area contributed by atoms with Gasteiger partial charge in [0.05, 0.1) is 11.9 Å². The summed E-state index contributed by atoms with van der Waals surface area (Å²) in [6.07, 6.45) is 0.736. The molecule has 17 heavy (non-hydrogen) atoms. The van der Waals surface area contributed by atoms with Gasteiger partial charge >= 0.3 is 0 Å². The third-order valence-corrected chi connectivity index (χ3v) is 3.92. The van der Waals surface area contributed by atoms with Crippen molar-refractivity contribution in [3.8, 4) is 0 Å². The Morgan fingerprint density at radius 3 is 2.29 bits per heavy atom. The van der Waals surface area contributed by atoms with Crippen molar-refractivity contribution >= 4 is 15.7 Å². The Kier molecular flexibility index (Phi) is 4.96. The largest absolute Gasteiger partial charge is 0.388 e. The molecule has 0 radical (unpaired) electrons. The zero-order chi connectivity index (χ0) is 12.9. The highest BCUT2D eigenvalue weighted by molar-refractivity contribution is 7.92. The third-order valence-electron chi connectivity index (χ3n) is 2.43. The van der Waals surface area contributed by atoms with Crippen LogP contribution in [0.4, 0.5) is 5.69 Å². The number of hydrogen-bond donors (Lipinski definition) is 2. The van der Waals surface area contributed by atoms with Crippen LogP contribution in [0.15, 0.2) is 24.3 Å². The number of aliphatic hydroxyl groups excluding tert-OH is 1. The molecule has 0 bridgehead atoms. The van der Waals surface area contributed by atoms with Crippen molar-refractivity contribution < 1.29 is 13.5 Å². The van der Waals surface area contributed by atoms with E-state index in [1.54, 1.807) is 24.3 Å². The van der Waals surface area contributed by atoms with E-state index in [1.165, 1.54) is 0 Å². The van der Waals surface area contributed by atoms with E-state index in [-0.39, 0.29) is 5.75 Å². The maximum Gasteiger partial charge on any atom is 0.232 e. The lowest BCUT2D eigenvalue weighted by molar-refractivity contribution is 0.173. The molecule has 2 N–H and O–H groups in total. The molecule has 96 valence electrons. The van der Waals surface area contributed by atoms with E-state index in [0.29, 0.717) is 18.5 Å². The molecule has 1 aromatic rings. The van der Waals surface area contributed by atoms with Gasteiger partial charge in [-0.05, 0) is 30.5 Å². The van der Waals surface area contributed by atoms with Crippen LogP contribution in [-0.4, -0.2) is 19.3 Å². The van der Waals surface area contributed by atoms with Crippen molar-refractivity contribution in [2.45, 2.75) is 32.8 Å². The fourth-order valence-electron chi connectivity index (χ4n) is 1.51. The minimum atomic E-state index is -3.24. The second kappa shape index (κ2) is 6.02. The van der Waals surface area contributed by atoms with Gasteiger partial charge < -0.3 is 5.11 Å². The van der Waals surface area contributed by atoms with Gasteiger partial charge in [0.15, 0.2) is 0 Å². The summed E-state index contributed by atoms with van der Waals surface area (Å²) in [6, 6.07) is 6.80. The van der Waals surface area contributed by atoms with Crippen molar-refractivity contribution in [3.05, 3.63) is 29.8 Å². The predicted molar refractivity (Wildman–Crippen MR) is 69.4 cm³/mol. The normalized spacial score (nSPS) is 13.4. The average Bonchev–Trinajstić information content (AvgIpc) is 2.28. The molecule has 0 heterocycles. The maximum atomic E-state index is 11.5. The van der Waals surface area contributed by atoms with Gasteiger partial charge in [-0.15, -0.1) is 0 Å². The van der Waals surface area contributed by atoms with Crippen molar-refractivity contribution in [2.24, 2.45) is 0 Å². The minimum Gasteiger partial charge on any atom is -0.388 e. The topological polar surface area (TPSA) is 66.4 Å². The quantitative estimate of drug-likeness (QED) is 0.821. The Morgan fingerprint density at radius 1 is 1.24 bits per heavy atom. The standard InChI is InChI=1S/C12H19NO3S/c1-3-9-17(15,16)13-11-7-5-10(6-8-11)12(14)4-2/h5-8,12-14H,3-4,9H2,1-2H3/t12-/m0/s1. The lowest BCUT2D eigenvalue weighted by atomic mass is 10.1. The summed E-state index contributed by atoms with van der Waals surface area (Å²) in [5, 5.41) is 9.60. The molecule has 5 heteroatoms. The molecule has 1 aromatic carbocycles. The molecule has 0 unspecified atom stereocenters. The summed E-state index contributed by atoms with van der Waals surface area (Å²) in [6.45, 7) is 3.71. The fraction of sp³-hybridized carbons (Fsp3) is 0.500. The average molecular weight is 257 g/mol. The van der Waals surface area contributed by atoms with Gasteiger partial charge in [0.1, 0.15) is 0 Å². The summed E-state index contributed by atoms with van der Waals surface area (Å²) in [5.41, 5.74) is 1.33. The van der Waals surface area contributed by atoms with Crippen molar-refractivity contribution in [1.29, 1.82) is 0 Å². The number of sulfonamides is 1. The number of rotatable bonds is 6. The summed E-state index contributed by atoms with van der Waals surface area (Å²) >= 11 is 0. The second-order valence-corrected chi connectivity index (χ2v) is 5.81. The van der Waals surface area contributed by atoms with E-state index >= 15 is 0 Å². The Balaban J connectivity index is 2.75. The molecule has 0 saturated carbocycles. The lowest BCUT2D eigenvalue weighted by Gasteiger charge is -2.10. The molecular formula is C12H19NO3S. The lowest BCUT2D eigenvalue weighted by Crippen LogP contribution is -2.16. The smallest absolute Gasteiger partial charge is 0.232 e. The highest BCUT2D eigenvalue weighted by Gasteiger charge is 2.09. The van der Waals surface area contributed by atoms with Gasteiger partial charge in [-0.2, -0.15) is 0 Å². The van der Waals surface area contributed by atoms with Gasteiger partial charge in [-0.25, -0.2) is 8.42 Å². The monoisotopic (exact) mass is 257 g/mol. The van der Waals surface area contributed by atoms with E-state index in [0.717, 1.165) is 5.56 Å². The van der Waals surface area contributed by atoms with E-state index in [2.05, 4.69) is 4.72 Å². The van der Waals surface area contributed by atoms with Crippen LogP contribution in [-0.2, 0) is 10.0 Å². The molecule has 4 nitrogen and oxygen atoms in total. The first kappa shape index (κ1) is 14.0. The minimum absolute atomic E-state index is 0.117. The summed E-state index contributed by atoms with van der Waals surface area (Å²) in [7, 11) is -3.24. The first-order chi connectivity index (χ1) is 7.98. The highest BCUT2D eigenvalue weighted by Crippen LogP contribution is 2.19. The van der Waals surface area contributed by atoms with Gasteiger partial charge in [0.25, 0.3) is 0 Å². The summed E-state index contributed by atoms with van der Waals surface area (Å²) in [5.74, 6) is 0.117. The number of aliphatic hydroxyl groups is 1. The van der Waals surface area contributed by atoms with E-state index in [9.17, 15) is 13.5 Å². The molecule has 0 aliphatic rings. The molecular weight excluding hydrogens is 238 g/mol. The summed E-state index contributed by atoms with van der Waals surface area (Å²) in [4.78, 5) is 0. The molecule has 0 aromatic heterocycles. The first-order valence-electron chi connectivity index (χ1n) is 5.77. The fourth-order valence-corrected chi connectivity index (χ4v) is 2.64. The first-order valence-corrected chi connectivity index (χ1v) is 7.42. The van der Waals surface area contributed by atoms with Crippen LogP contribution in [0.1, 0.15) is 38.4 Å². The highest BCUT2D eigenvalue weighted by atomic mass is 32.2. The van der Waals surface area contributed by atoms with Gasteiger partial charge in [-0.3, -0.25) is 4.72 Å². The Morgan fingerprint density at radius 2 is 1.82 bits per heavy atom. The number of benzene rings is 1.